The molecule has 2 aromatic rings. The Kier molecular flexibility index (Phi) is 9.11. The average Bonchev–Trinajstić information content (AvgIpc) is 3.27. The minimum atomic E-state index is -0.753. The number of rotatable bonds is 11. The number of hydrogen-bond acceptors (Lipinski definition) is 7. The Hall–Kier alpha value is -3.81. The van der Waals surface area contributed by atoms with Crippen molar-refractivity contribution >= 4 is 17.8 Å². The summed E-state index contributed by atoms with van der Waals surface area (Å²) in [5.41, 5.74) is 4.75. The zero-order valence-electron chi connectivity index (χ0n) is 21.4. The van der Waals surface area contributed by atoms with Gasteiger partial charge in [0.25, 0.3) is 0 Å². The van der Waals surface area contributed by atoms with Crippen molar-refractivity contribution in [2.75, 3.05) is 21.3 Å². The number of ether oxygens (including phenoxy) is 4. The molecular formula is C28H33NO7. The van der Waals surface area contributed by atoms with Gasteiger partial charge in [-0.3, -0.25) is 4.79 Å². The first kappa shape index (κ1) is 26.8. The van der Waals surface area contributed by atoms with Gasteiger partial charge in [0.1, 0.15) is 29.7 Å². The Bertz CT molecular complexity index is 1150. The zero-order chi connectivity index (χ0) is 26.2. The number of allylic oxidation sites excluding steroid dienone is 2. The Balaban J connectivity index is 1.67. The molecule has 0 fully saturated rings. The van der Waals surface area contributed by atoms with Crippen molar-refractivity contribution in [1.29, 1.82) is 0 Å². The molecule has 0 saturated heterocycles. The molecule has 2 aromatic carbocycles. The molecule has 3 rings (SSSR count). The molecule has 0 aromatic heterocycles. The summed E-state index contributed by atoms with van der Waals surface area (Å²) in [5, 5.41) is 2.79. The second-order valence-electron chi connectivity index (χ2n) is 8.69. The van der Waals surface area contributed by atoms with Crippen LogP contribution in [0.4, 0.5) is 0 Å². The van der Waals surface area contributed by atoms with E-state index in [2.05, 4.69) is 5.32 Å². The van der Waals surface area contributed by atoms with Gasteiger partial charge in [-0.05, 0) is 37.8 Å². The van der Waals surface area contributed by atoms with E-state index in [0.29, 0.717) is 36.3 Å². The van der Waals surface area contributed by atoms with Crippen molar-refractivity contribution in [3.63, 3.8) is 0 Å². The number of benzene rings is 2. The molecule has 0 saturated carbocycles. The summed E-state index contributed by atoms with van der Waals surface area (Å²) in [4.78, 5) is 37.1. The van der Waals surface area contributed by atoms with Crippen LogP contribution in [0.5, 0.6) is 11.5 Å². The molecule has 1 N–H and O–H groups in total. The van der Waals surface area contributed by atoms with Gasteiger partial charge in [0.05, 0.1) is 21.3 Å². The molecule has 0 radical (unpaired) electrons. The van der Waals surface area contributed by atoms with E-state index in [1.165, 1.54) is 14.2 Å². The molecule has 0 bridgehead atoms. The Labute approximate surface area is 211 Å². The molecule has 1 aliphatic rings. The lowest BCUT2D eigenvalue weighted by Gasteiger charge is -2.18. The first-order valence-corrected chi connectivity index (χ1v) is 11.8. The predicted molar refractivity (Wildman–Crippen MR) is 134 cm³/mol. The van der Waals surface area contributed by atoms with Gasteiger partial charge >= 0.3 is 11.9 Å². The monoisotopic (exact) mass is 495 g/mol. The van der Waals surface area contributed by atoms with Gasteiger partial charge in [-0.1, -0.05) is 42.0 Å². The van der Waals surface area contributed by atoms with E-state index in [-0.39, 0.29) is 18.9 Å². The van der Waals surface area contributed by atoms with Crippen molar-refractivity contribution in [2.24, 2.45) is 0 Å². The van der Waals surface area contributed by atoms with Crippen LogP contribution in [0.15, 0.2) is 42.0 Å². The normalized spacial score (nSPS) is 13.5. The van der Waals surface area contributed by atoms with Gasteiger partial charge in [0.2, 0.25) is 5.91 Å². The van der Waals surface area contributed by atoms with Crippen molar-refractivity contribution in [2.45, 2.75) is 52.2 Å². The summed E-state index contributed by atoms with van der Waals surface area (Å²) >= 11 is 0. The maximum absolute atomic E-state index is 12.6. The third kappa shape index (κ3) is 6.05. The Morgan fingerprint density at radius 3 is 2.42 bits per heavy atom. The fourth-order valence-corrected chi connectivity index (χ4v) is 4.38. The predicted octanol–water partition coefficient (Wildman–Crippen LogP) is 3.85. The highest BCUT2D eigenvalue weighted by Gasteiger charge is 2.32. The van der Waals surface area contributed by atoms with Crippen LogP contribution in [0.2, 0.25) is 0 Å². The summed E-state index contributed by atoms with van der Waals surface area (Å²) in [7, 11) is 4.42. The van der Waals surface area contributed by atoms with E-state index in [4.69, 9.17) is 18.9 Å². The minimum absolute atomic E-state index is 0.202. The molecule has 192 valence electrons. The second kappa shape index (κ2) is 12.2. The molecule has 1 atom stereocenters. The number of carbonyl (C=O) groups excluding carboxylic acids is 3. The van der Waals surface area contributed by atoms with Crippen molar-refractivity contribution in [3.8, 4) is 11.5 Å². The van der Waals surface area contributed by atoms with Crippen molar-refractivity contribution < 1.29 is 33.3 Å². The van der Waals surface area contributed by atoms with E-state index >= 15 is 0 Å². The highest BCUT2D eigenvalue weighted by molar-refractivity contribution is 5.98. The van der Waals surface area contributed by atoms with Crippen LogP contribution >= 0.6 is 0 Å². The number of cyclic esters (lactones) is 1. The summed E-state index contributed by atoms with van der Waals surface area (Å²) in [6.45, 7) is 4.03. The highest BCUT2D eigenvalue weighted by atomic mass is 16.5. The molecule has 1 unspecified atom stereocenters. The Morgan fingerprint density at radius 1 is 1.08 bits per heavy atom. The van der Waals surface area contributed by atoms with Crippen molar-refractivity contribution in [1.82, 2.24) is 5.32 Å². The second-order valence-corrected chi connectivity index (χ2v) is 8.69. The lowest BCUT2D eigenvalue weighted by molar-refractivity contribution is -0.145. The minimum Gasteiger partial charge on any atom is -0.496 e. The highest BCUT2D eigenvalue weighted by Crippen LogP contribution is 2.42. The van der Waals surface area contributed by atoms with Crippen LogP contribution in [-0.4, -0.2) is 45.2 Å². The fourth-order valence-electron chi connectivity index (χ4n) is 4.38. The SMILES string of the molecule is COC(=O)C(Cc1ccccc1)NC(=O)CC/C(C)=C/Cc1c(OC)c(C)c2c(c1OC)C(=O)OC2. The maximum Gasteiger partial charge on any atom is 0.342 e. The van der Waals surface area contributed by atoms with Crippen LogP contribution in [-0.2, 0) is 38.5 Å². The number of carbonyl (C=O) groups is 3. The maximum atomic E-state index is 12.6. The van der Waals surface area contributed by atoms with E-state index < -0.39 is 18.0 Å². The molecule has 0 spiro atoms. The van der Waals surface area contributed by atoms with E-state index in [1.807, 2.05) is 50.3 Å². The van der Waals surface area contributed by atoms with Gasteiger partial charge in [-0.25, -0.2) is 9.59 Å². The molecule has 36 heavy (non-hydrogen) atoms. The summed E-state index contributed by atoms with van der Waals surface area (Å²) < 4.78 is 21.3. The Morgan fingerprint density at radius 2 is 1.78 bits per heavy atom. The molecular weight excluding hydrogens is 462 g/mol. The zero-order valence-corrected chi connectivity index (χ0v) is 21.4. The molecule has 1 amide bonds. The standard InChI is InChI=1S/C28H33NO7/c1-17(12-14-23(30)29-22(27(31)35-5)15-19-9-7-6-8-10-19)11-13-20-25(33-3)18(2)21-16-36-28(32)24(21)26(20)34-4/h6-11,22H,12-16H2,1-5H3,(H,29,30)/b17-11+. The molecule has 1 aliphatic heterocycles. The number of nitrogens with one attached hydrogen (secondary N) is 1. The summed E-state index contributed by atoms with van der Waals surface area (Å²) in [6.07, 6.45) is 3.52. The van der Waals surface area contributed by atoms with Gasteiger partial charge in [-0.2, -0.15) is 0 Å². The molecule has 0 aliphatic carbocycles. The quantitative estimate of drug-likeness (QED) is 0.373. The summed E-state index contributed by atoms with van der Waals surface area (Å²) in [5.74, 6) is -0.00230. The number of fused-ring (bicyclic) bond motifs is 1. The first-order valence-electron chi connectivity index (χ1n) is 11.8. The number of amides is 1. The summed E-state index contributed by atoms with van der Waals surface area (Å²) in [6, 6.07) is 8.71. The smallest absolute Gasteiger partial charge is 0.342 e. The van der Waals surface area contributed by atoms with Gasteiger partial charge in [-0.15, -0.1) is 0 Å². The van der Waals surface area contributed by atoms with Crippen LogP contribution in [0, 0.1) is 6.92 Å². The average molecular weight is 496 g/mol. The van der Waals surface area contributed by atoms with E-state index in [1.54, 1.807) is 7.11 Å². The third-order valence-electron chi connectivity index (χ3n) is 6.33. The van der Waals surface area contributed by atoms with Crippen LogP contribution < -0.4 is 14.8 Å². The topological polar surface area (TPSA) is 100 Å². The van der Waals surface area contributed by atoms with Gasteiger partial charge in [0.15, 0.2) is 0 Å². The van der Waals surface area contributed by atoms with Crippen LogP contribution in [0.25, 0.3) is 0 Å². The lowest BCUT2D eigenvalue weighted by Crippen LogP contribution is -2.43. The third-order valence-corrected chi connectivity index (χ3v) is 6.33. The largest absolute Gasteiger partial charge is 0.496 e. The number of esters is 2. The number of methoxy groups -OCH3 is 3. The van der Waals surface area contributed by atoms with Crippen LogP contribution in [0.1, 0.15) is 52.4 Å². The fraction of sp³-hybridized carbons (Fsp3) is 0.393. The number of hydrogen-bond donors (Lipinski definition) is 1. The molecule has 1 heterocycles. The van der Waals surface area contributed by atoms with E-state index in [9.17, 15) is 14.4 Å². The van der Waals surface area contributed by atoms with Crippen LogP contribution in [0.3, 0.4) is 0 Å². The van der Waals surface area contributed by atoms with E-state index in [0.717, 1.165) is 27.8 Å². The van der Waals surface area contributed by atoms with Crippen molar-refractivity contribution in [3.05, 3.63) is 69.8 Å². The first-order chi connectivity index (χ1) is 17.3. The molecule has 8 heteroatoms. The molecule has 8 nitrogen and oxygen atoms in total. The van der Waals surface area contributed by atoms with Gasteiger partial charge in [0, 0.05) is 24.0 Å². The van der Waals surface area contributed by atoms with Gasteiger partial charge < -0.3 is 24.3 Å². The lowest BCUT2D eigenvalue weighted by atomic mass is 9.94.